The highest BCUT2D eigenvalue weighted by Crippen LogP contribution is 2.30. The molecule has 2 aliphatic heterocycles. The number of hydrogen-bond donors (Lipinski definition) is 2. The number of nitrogens with zero attached hydrogens (tertiary/aromatic N) is 4. The first-order valence-corrected chi connectivity index (χ1v) is 13.1. The Hall–Kier alpha value is -4.24. The van der Waals surface area contributed by atoms with Gasteiger partial charge in [0.25, 0.3) is 11.5 Å². The van der Waals surface area contributed by atoms with Crippen LogP contribution in [-0.2, 0) is 17.7 Å². The lowest BCUT2D eigenvalue weighted by Gasteiger charge is -2.27. The van der Waals surface area contributed by atoms with E-state index in [9.17, 15) is 9.59 Å². The van der Waals surface area contributed by atoms with Crippen molar-refractivity contribution in [2.75, 3.05) is 19.8 Å². The summed E-state index contributed by atoms with van der Waals surface area (Å²) >= 11 is 0. The first kappa shape index (κ1) is 22.9. The van der Waals surface area contributed by atoms with Crippen LogP contribution in [0.2, 0.25) is 0 Å². The van der Waals surface area contributed by atoms with Gasteiger partial charge in [0.05, 0.1) is 17.2 Å². The summed E-state index contributed by atoms with van der Waals surface area (Å²) in [6.45, 7) is 4.52. The standard InChI is InChI=1S/C29H28N6O3/c1-17-12-25-24(33-28(36)26-15-31-27(35(25)26)19-5-10-38-11-6-19)14-21(17)29(37)34-9-4-22-20(16-34)13-23(32-22)18-2-7-30-8-3-18/h2-3,7-8,12-15,19,32H,4-6,9-11,16H2,1H3,(H,33,36). The Bertz CT molecular complexity index is 1740. The van der Waals surface area contributed by atoms with Gasteiger partial charge >= 0.3 is 0 Å². The van der Waals surface area contributed by atoms with Gasteiger partial charge in [-0.2, -0.15) is 0 Å². The van der Waals surface area contributed by atoms with Gasteiger partial charge in [-0.1, -0.05) is 0 Å². The fourth-order valence-electron chi connectivity index (χ4n) is 5.88. The van der Waals surface area contributed by atoms with E-state index in [1.807, 2.05) is 40.5 Å². The maximum absolute atomic E-state index is 13.7. The first-order chi connectivity index (χ1) is 18.6. The Labute approximate surface area is 218 Å². The lowest BCUT2D eigenvalue weighted by molar-refractivity contribution is 0.0733. The van der Waals surface area contributed by atoms with E-state index in [4.69, 9.17) is 4.74 Å². The average Bonchev–Trinajstić information content (AvgIpc) is 3.59. The van der Waals surface area contributed by atoms with Gasteiger partial charge in [0.15, 0.2) is 0 Å². The van der Waals surface area contributed by atoms with Gasteiger partial charge < -0.3 is 19.6 Å². The third-order valence-corrected chi connectivity index (χ3v) is 7.93. The van der Waals surface area contributed by atoms with E-state index in [0.29, 0.717) is 42.9 Å². The molecule has 0 bridgehead atoms. The lowest BCUT2D eigenvalue weighted by atomic mass is 9.99. The van der Waals surface area contributed by atoms with Crippen molar-refractivity contribution >= 4 is 22.5 Å². The van der Waals surface area contributed by atoms with Crippen LogP contribution in [0.15, 0.2) is 53.7 Å². The Morgan fingerprint density at radius 2 is 1.89 bits per heavy atom. The molecule has 9 heteroatoms. The highest BCUT2D eigenvalue weighted by atomic mass is 16.5. The molecule has 0 spiro atoms. The SMILES string of the molecule is Cc1cc2c(cc1C(=O)N1CCc3[nH]c(-c4ccncc4)cc3C1)[nH]c(=O)c1cnc(C3CCOCC3)n12. The lowest BCUT2D eigenvalue weighted by Crippen LogP contribution is -2.36. The van der Waals surface area contributed by atoms with Crippen molar-refractivity contribution in [3.63, 3.8) is 0 Å². The number of pyridine rings is 1. The number of carbonyl (C=O) groups is 1. The second-order valence-electron chi connectivity index (χ2n) is 10.3. The summed E-state index contributed by atoms with van der Waals surface area (Å²) in [6, 6.07) is 9.91. The molecule has 1 amide bonds. The molecule has 1 saturated heterocycles. The van der Waals surface area contributed by atoms with Crippen LogP contribution in [0.3, 0.4) is 0 Å². The molecule has 38 heavy (non-hydrogen) atoms. The Morgan fingerprint density at radius 1 is 1.08 bits per heavy atom. The molecular formula is C29H28N6O3. The van der Waals surface area contributed by atoms with Gasteiger partial charge in [0, 0.05) is 73.6 Å². The van der Waals surface area contributed by atoms with E-state index in [-0.39, 0.29) is 17.4 Å². The number of aromatic amines is 2. The summed E-state index contributed by atoms with van der Waals surface area (Å²) in [5, 5.41) is 0. The average molecular weight is 509 g/mol. The molecule has 192 valence electrons. The normalized spacial score (nSPS) is 16.3. The molecule has 2 aliphatic rings. The number of hydrogen-bond acceptors (Lipinski definition) is 5. The van der Waals surface area contributed by atoms with Crippen LogP contribution in [0.4, 0.5) is 0 Å². The number of aromatic nitrogens is 5. The summed E-state index contributed by atoms with van der Waals surface area (Å²) in [7, 11) is 0. The topological polar surface area (TPSA) is 108 Å². The molecule has 0 unspecified atom stereocenters. The molecule has 1 fully saturated rings. The number of amides is 1. The minimum absolute atomic E-state index is 0.0297. The highest BCUT2D eigenvalue weighted by molar-refractivity contribution is 5.99. The van der Waals surface area contributed by atoms with Gasteiger partial charge in [0.2, 0.25) is 0 Å². The van der Waals surface area contributed by atoms with E-state index in [1.54, 1.807) is 18.6 Å². The van der Waals surface area contributed by atoms with E-state index in [2.05, 4.69) is 26.0 Å². The molecule has 0 atom stereocenters. The number of ether oxygens (including phenoxy) is 1. The Kier molecular flexibility index (Phi) is 5.40. The predicted molar refractivity (Wildman–Crippen MR) is 143 cm³/mol. The molecule has 4 aromatic heterocycles. The second kappa shape index (κ2) is 8.95. The molecule has 0 aliphatic carbocycles. The molecule has 9 nitrogen and oxygen atoms in total. The number of nitrogens with one attached hydrogen (secondary N) is 2. The van der Waals surface area contributed by atoms with Crippen molar-refractivity contribution in [3.8, 4) is 11.3 Å². The zero-order chi connectivity index (χ0) is 25.8. The maximum Gasteiger partial charge on any atom is 0.274 e. The maximum atomic E-state index is 13.7. The van der Waals surface area contributed by atoms with Crippen molar-refractivity contribution in [2.24, 2.45) is 0 Å². The van der Waals surface area contributed by atoms with Gasteiger partial charge in [-0.05, 0) is 61.2 Å². The van der Waals surface area contributed by atoms with Crippen molar-refractivity contribution < 1.29 is 9.53 Å². The fourth-order valence-corrected chi connectivity index (χ4v) is 5.88. The molecule has 2 N–H and O–H groups in total. The minimum atomic E-state index is -0.205. The Morgan fingerprint density at radius 3 is 2.71 bits per heavy atom. The number of aryl methyl sites for hydroxylation is 1. The number of benzene rings is 1. The number of imidazole rings is 1. The summed E-state index contributed by atoms with van der Waals surface area (Å²) in [5.74, 6) is 1.09. The van der Waals surface area contributed by atoms with Crippen molar-refractivity contribution in [2.45, 2.75) is 38.6 Å². The zero-order valence-corrected chi connectivity index (χ0v) is 21.2. The smallest absolute Gasteiger partial charge is 0.274 e. The Balaban J connectivity index is 1.24. The number of fused-ring (bicyclic) bond motifs is 4. The van der Waals surface area contributed by atoms with Gasteiger partial charge in [-0.3, -0.25) is 19.0 Å². The molecule has 1 aromatic carbocycles. The molecule has 5 aromatic rings. The quantitative estimate of drug-likeness (QED) is 0.383. The summed E-state index contributed by atoms with van der Waals surface area (Å²) in [5.41, 5.74) is 7.72. The molecule has 7 rings (SSSR count). The van der Waals surface area contributed by atoms with Crippen LogP contribution >= 0.6 is 0 Å². The number of H-pyrrole nitrogens is 2. The van der Waals surface area contributed by atoms with Crippen LogP contribution < -0.4 is 5.56 Å². The predicted octanol–water partition coefficient (Wildman–Crippen LogP) is 3.97. The first-order valence-electron chi connectivity index (χ1n) is 13.1. The summed E-state index contributed by atoms with van der Waals surface area (Å²) < 4.78 is 7.51. The van der Waals surface area contributed by atoms with Crippen molar-refractivity contribution in [3.05, 3.63) is 87.5 Å². The van der Waals surface area contributed by atoms with Gasteiger partial charge in [0.1, 0.15) is 11.3 Å². The van der Waals surface area contributed by atoms with Crippen LogP contribution in [0, 0.1) is 6.92 Å². The van der Waals surface area contributed by atoms with E-state index >= 15 is 0 Å². The molecular weight excluding hydrogens is 480 g/mol. The molecule has 6 heterocycles. The second-order valence-corrected chi connectivity index (χ2v) is 10.3. The molecule has 0 radical (unpaired) electrons. The zero-order valence-electron chi connectivity index (χ0n) is 21.2. The van der Waals surface area contributed by atoms with Gasteiger partial charge in [-0.25, -0.2) is 4.98 Å². The summed E-state index contributed by atoms with van der Waals surface area (Å²) in [6.07, 6.45) is 7.73. The van der Waals surface area contributed by atoms with E-state index in [1.165, 1.54) is 5.69 Å². The minimum Gasteiger partial charge on any atom is -0.381 e. The highest BCUT2D eigenvalue weighted by Gasteiger charge is 2.27. The fraction of sp³-hybridized carbons (Fsp3) is 0.310. The van der Waals surface area contributed by atoms with Crippen LogP contribution in [0.5, 0.6) is 0 Å². The molecule has 0 saturated carbocycles. The van der Waals surface area contributed by atoms with Crippen LogP contribution in [0.1, 0.15) is 51.8 Å². The van der Waals surface area contributed by atoms with Gasteiger partial charge in [-0.15, -0.1) is 0 Å². The summed E-state index contributed by atoms with van der Waals surface area (Å²) in [4.78, 5) is 43.9. The number of carbonyl (C=O) groups excluding carboxylic acids is 1. The largest absolute Gasteiger partial charge is 0.381 e. The van der Waals surface area contributed by atoms with Crippen molar-refractivity contribution in [1.29, 1.82) is 0 Å². The number of rotatable bonds is 3. The van der Waals surface area contributed by atoms with Crippen LogP contribution in [-0.4, -0.2) is 54.9 Å². The third kappa shape index (κ3) is 3.73. The van der Waals surface area contributed by atoms with E-state index in [0.717, 1.165) is 53.0 Å². The monoisotopic (exact) mass is 508 g/mol. The third-order valence-electron chi connectivity index (χ3n) is 7.93. The van der Waals surface area contributed by atoms with Crippen molar-refractivity contribution in [1.82, 2.24) is 29.2 Å². The van der Waals surface area contributed by atoms with Crippen LogP contribution in [0.25, 0.3) is 27.8 Å². The van der Waals surface area contributed by atoms with E-state index < -0.39 is 0 Å².